The number of aliphatic imine (C=N–C) groups is 1. The molecule has 1 fully saturated rings. The van der Waals surface area contributed by atoms with Crippen LogP contribution in [0.2, 0.25) is 5.02 Å². The van der Waals surface area contributed by atoms with Gasteiger partial charge in [0.05, 0.1) is 9.83 Å². The Balaban J connectivity index is 1.80. The average molecular weight is 388 g/mol. The fourth-order valence-corrected chi connectivity index (χ4v) is 3.05. The predicted molar refractivity (Wildman–Crippen MR) is 100 cm³/mol. The molecule has 3 rings (SSSR count). The highest BCUT2D eigenvalue weighted by Gasteiger charge is 2.25. The van der Waals surface area contributed by atoms with Gasteiger partial charge in [0.2, 0.25) is 0 Å². The van der Waals surface area contributed by atoms with Crippen LogP contribution in [0.5, 0.6) is 0 Å². The second-order valence-electron chi connectivity index (χ2n) is 5.15. The minimum atomic E-state index is -0.513. The van der Waals surface area contributed by atoms with E-state index in [0.717, 1.165) is 11.8 Å². The van der Waals surface area contributed by atoms with Crippen molar-refractivity contribution in [2.24, 2.45) is 4.99 Å². The van der Waals surface area contributed by atoms with E-state index in [-0.39, 0.29) is 15.8 Å². The summed E-state index contributed by atoms with van der Waals surface area (Å²) >= 11 is 6.76. The number of amides is 2. The van der Waals surface area contributed by atoms with Crippen molar-refractivity contribution in [1.82, 2.24) is 5.32 Å². The highest BCUT2D eigenvalue weighted by molar-refractivity contribution is 8.18. The summed E-state index contributed by atoms with van der Waals surface area (Å²) in [4.78, 5) is 38.6. The van der Waals surface area contributed by atoms with Gasteiger partial charge in [-0.05, 0) is 47.7 Å². The molecule has 2 amide bonds. The zero-order valence-corrected chi connectivity index (χ0v) is 14.6. The Bertz CT molecular complexity index is 970. The number of amidine groups is 1. The smallest absolute Gasteiger partial charge is 0.279 e. The number of hydrogen-bond acceptors (Lipinski definition) is 5. The van der Waals surface area contributed by atoms with Crippen LogP contribution in [0.4, 0.5) is 5.69 Å². The quantitative estimate of drug-likeness (QED) is 0.492. The molecule has 0 aromatic heterocycles. The number of nitro groups is 1. The van der Waals surface area contributed by atoms with Crippen LogP contribution in [0.15, 0.2) is 58.4 Å². The first-order valence-electron chi connectivity index (χ1n) is 7.26. The molecule has 26 heavy (non-hydrogen) atoms. The number of thioether (sulfide) groups is 1. The molecule has 0 saturated carbocycles. The summed E-state index contributed by atoms with van der Waals surface area (Å²) in [6.07, 6.45) is 1.50. The normalized spacial score (nSPS) is 16.7. The van der Waals surface area contributed by atoms with Crippen LogP contribution < -0.4 is 5.32 Å². The molecule has 1 aliphatic rings. The van der Waals surface area contributed by atoms with Crippen LogP contribution in [0, 0.1) is 10.1 Å². The maximum Gasteiger partial charge on any atom is 0.279 e. The van der Waals surface area contributed by atoms with Crippen molar-refractivity contribution in [2.45, 2.75) is 0 Å². The summed E-state index contributed by atoms with van der Waals surface area (Å²) in [5, 5.41) is 14.0. The fraction of sp³-hybridized carbons (Fsp3) is 0. The number of carbonyl (C=O) groups excluding carboxylic acids is 2. The minimum Gasteiger partial charge on any atom is -0.300 e. The van der Waals surface area contributed by atoms with Crippen LogP contribution in [0.3, 0.4) is 0 Å². The van der Waals surface area contributed by atoms with E-state index in [0.29, 0.717) is 16.1 Å². The van der Waals surface area contributed by atoms with Gasteiger partial charge < -0.3 is 5.32 Å². The lowest BCUT2D eigenvalue weighted by molar-refractivity contribution is -0.384. The maximum absolute atomic E-state index is 12.1. The standard InChI is InChI=1S/C17H10ClN3O4S/c18-12-6-4-11(5-7-12)15(22)19-17-20-16(23)14(26-17)9-10-2-1-3-13(8-10)21(24)25/h1-9H,(H,19,20,22,23)/b14-9-. The monoisotopic (exact) mass is 387 g/mol. The molecule has 2 aromatic carbocycles. The molecule has 1 saturated heterocycles. The molecule has 2 aromatic rings. The Kier molecular flexibility index (Phi) is 5.15. The number of non-ortho nitro benzene ring substituents is 1. The third-order valence-corrected chi connectivity index (χ3v) is 4.49. The molecule has 0 aliphatic carbocycles. The molecular formula is C17H10ClN3O4S. The van der Waals surface area contributed by atoms with E-state index in [1.807, 2.05) is 0 Å². The van der Waals surface area contributed by atoms with Gasteiger partial charge in [-0.25, -0.2) is 0 Å². The van der Waals surface area contributed by atoms with Gasteiger partial charge >= 0.3 is 0 Å². The number of halogens is 1. The molecule has 130 valence electrons. The number of hydrogen-bond donors (Lipinski definition) is 1. The molecule has 1 heterocycles. The first-order valence-corrected chi connectivity index (χ1v) is 8.46. The second kappa shape index (κ2) is 7.51. The summed E-state index contributed by atoms with van der Waals surface area (Å²) < 4.78 is 0. The van der Waals surface area contributed by atoms with Gasteiger partial charge in [0.25, 0.3) is 17.5 Å². The van der Waals surface area contributed by atoms with Gasteiger partial charge in [-0.1, -0.05) is 23.7 Å². The second-order valence-corrected chi connectivity index (χ2v) is 6.61. The molecule has 0 bridgehead atoms. The lowest BCUT2D eigenvalue weighted by Gasteiger charge is -1.97. The highest BCUT2D eigenvalue weighted by atomic mass is 35.5. The van der Waals surface area contributed by atoms with E-state index < -0.39 is 16.7 Å². The summed E-state index contributed by atoms with van der Waals surface area (Å²) in [5.74, 6) is -0.940. The number of nitro benzene ring substituents is 1. The van der Waals surface area contributed by atoms with Crippen molar-refractivity contribution in [3.8, 4) is 0 Å². The maximum atomic E-state index is 12.1. The van der Waals surface area contributed by atoms with E-state index in [2.05, 4.69) is 10.3 Å². The molecule has 0 spiro atoms. The van der Waals surface area contributed by atoms with E-state index in [1.54, 1.807) is 18.2 Å². The van der Waals surface area contributed by atoms with Crippen molar-refractivity contribution in [3.05, 3.63) is 79.7 Å². The number of carbonyl (C=O) groups is 2. The van der Waals surface area contributed by atoms with Crippen LogP contribution in [0.25, 0.3) is 6.08 Å². The van der Waals surface area contributed by atoms with Gasteiger partial charge in [-0.15, -0.1) is 0 Å². The Morgan fingerprint density at radius 2 is 1.96 bits per heavy atom. The molecule has 1 N–H and O–H groups in total. The molecule has 0 radical (unpaired) electrons. The first-order chi connectivity index (χ1) is 12.4. The fourth-order valence-electron chi connectivity index (χ4n) is 2.11. The topological polar surface area (TPSA) is 102 Å². The largest absolute Gasteiger partial charge is 0.300 e. The van der Waals surface area contributed by atoms with E-state index in [9.17, 15) is 19.7 Å². The van der Waals surface area contributed by atoms with Gasteiger partial charge in [0, 0.05) is 22.7 Å². The zero-order valence-electron chi connectivity index (χ0n) is 13.0. The van der Waals surface area contributed by atoms with Gasteiger partial charge in [-0.3, -0.25) is 19.7 Å². The number of rotatable bonds is 3. The van der Waals surface area contributed by atoms with E-state index in [4.69, 9.17) is 11.6 Å². The molecule has 7 nitrogen and oxygen atoms in total. The molecule has 0 unspecified atom stereocenters. The molecular weight excluding hydrogens is 378 g/mol. The molecule has 0 atom stereocenters. The predicted octanol–water partition coefficient (Wildman–Crippen LogP) is 3.65. The highest BCUT2D eigenvalue weighted by Crippen LogP contribution is 2.27. The SMILES string of the molecule is O=C1NC(=NC(=O)c2ccc(Cl)cc2)S/C1=C\c1cccc([N+](=O)[O-])c1. The van der Waals surface area contributed by atoms with Crippen molar-refractivity contribution < 1.29 is 14.5 Å². The lowest BCUT2D eigenvalue weighted by Crippen LogP contribution is -2.20. The van der Waals surface area contributed by atoms with Crippen LogP contribution >= 0.6 is 23.4 Å². The minimum absolute atomic E-state index is 0.0745. The molecule has 1 aliphatic heterocycles. The average Bonchev–Trinajstić information content (AvgIpc) is 2.94. The number of nitrogens with one attached hydrogen (secondary N) is 1. The van der Waals surface area contributed by atoms with Gasteiger partial charge in [0.1, 0.15) is 0 Å². The van der Waals surface area contributed by atoms with Crippen LogP contribution in [-0.2, 0) is 4.79 Å². The molecule has 9 heteroatoms. The summed E-state index contributed by atoms with van der Waals surface area (Å²) in [5.41, 5.74) is 0.768. The summed E-state index contributed by atoms with van der Waals surface area (Å²) in [6.45, 7) is 0. The van der Waals surface area contributed by atoms with Gasteiger partial charge in [-0.2, -0.15) is 4.99 Å². The van der Waals surface area contributed by atoms with E-state index >= 15 is 0 Å². The summed E-state index contributed by atoms with van der Waals surface area (Å²) in [6, 6.07) is 12.1. The zero-order chi connectivity index (χ0) is 18.7. The first kappa shape index (κ1) is 17.8. The van der Waals surface area contributed by atoms with Crippen molar-refractivity contribution >= 4 is 52.1 Å². The van der Waals surface area contributed by atoms with Crippen molar-refractivity contribution in [3.63, 3.8) is 0 Å². The Morgan fingerprint density at radius 3 is 2.65 bits per heavy atom. The number of nitrogens with zero attached hydrogens (tertiary/aromatic N) is 2. The van der Waals surface area contributed by atoms with Crippen molar-refractivity contribution in [2.75, 3.05) is 0 Å². The van der Waals surface area contributed by atoms with Crippen molar-refractivity contribution in [1.29, 1.82) is 0 Å². The lowest BCUT2D eigenvalue weighted by atomic mass is 10.2. The number of benzene rings is 2. The third kappa shape index (κ3) is 4.16. The van der Waals surface area contributed by atoms with E-state index in [1.165, 1.54) is 36.4 Å². The Morgan fingerprint density at radius 1 is 1.23 bits per heavy atom. The Labute approximate surface area is 156 Å². The Hall–Kier alpha value is -2.97. The summed E-state index contributed by atoms with van der Waals surface area (Å²) in [7, 11) is 0. The third-order valence-electron chi connectivity index (χ3n) is 3.32. The van der Waals surface area contributed by atoms with Gasteiger partial charge in [0.15, 0.2) is 5.17 Å². The van der Waals surface area contributed by atoms with Crippen LogP contribution in [-0.4, -0.2) is 21.9 Å². The van der Waals surface area contributed by atoms with Crippen LogP contribution in [0.1, 0.15) is 15.9 Å².